The van der Waals surface area contributed by atoms with Gasteiger partial charge in [0, 0.05) is 10.6 Å². The van der Waals surface area contributed by atoms with E-state index in [-0.39, 0.29) is 0 Å². The first-order chi connectivity index (χ1) is 9.24. The van der Waals surface area contributed by atoms with Gasteiger partial charge in [-0.15, -0.1) is 0 Å². The predicted molar refractivity (Wildman–Crippen MR) is 71.4 cm³/mol. The van der Waals surface area contributed by atoms with Gasteiger partial charge in [0.25, 0.3) is 0 Å². The molecule has 0 unspecified atom stereocenters. The van der Waals surface area contributed by atoms with Crippen molar-refractivity contribution in [2.45, 2.75) is 13.5 Å². The summed E-state index contributed by atoms with van der Waals surface area (Å²) >= 11 is 6.11. The molecule has 0 bridgehead atoms. The lowest BCUT2D eigenvalue weighted by Gasteiger charge is -2.08. The van der Waals surface area contributed by atoms with E-state index in [1.165, 1.54) is 0 Å². The van der Waals surface area contributed by atoms with Gasteiger partial charge >= 0.3 is 0 Å². The smallest absolute Gasteiger partial charge is 0.160 e. The number of benzene rings is 1. The Bertz CT molecular complexity index is 786. The van der Waals surface area contributed by atoms with Crippen LogP contribution in [0.15, 0.2) is 30.9 Å². The SMILES string of the molecule is Cc1ncn2c1Cn1ncnc1-c1cc(Cl)ccc1-2. The van der Waals surface area contributed by atoms with Gasteiger partial charge in [0.05, 0.1) is 29.9 Å². The Morgan fingerprint density at radius 2 is 2.16 bits per heavy atom. The number of aromatic nitrogens is 5. The van der Waals surface area contributed by atoms with Gasteiger partial charge in [-0.2, -0.15) is 5.10 Å². The molecule has 0 atom stereocenters. The first kappa shape index (κ1) is 10.8. The Balaban J connectivity index is 2.13. The fraction of sp³-hybridized carbons (Fsp3) is 0.154. The van der Waals surface area contributed by atoms with E-state index in [4.69, 9.17) is 11.6 Å². The Kier molecular flexibility index (Phi) is 2.08. The van der Waals surface area contributed by atoms with Gasteiger partial charge in [0.2, 0.25) is 0 Å². The van der Waals surface area contributed by atoms with E-state index in [9.17, 15) is 0 Å². The van der Waals surface area contributed by atoms with Crippen LogP contribution < -0.4 is 0 Å². The summed E-state index contributed by atoms with van der Waals surface area (Å²) in [4.78, 5) is 8.74. The fourth-order valence-electron chi connectivity index (χ4n) is 2.49. The van der Waals surface area contributed by atoms with Crippen molar-refractivity contribution in [1.82, 2.24) is 24.3 Å². The molecule has 0 saturated carbocycles. The number of aryl methyl sites for hydroxylation is 1. The predicted octanol–water partition coefficient (Wildman–Crippen LogP) is 2.45. The number of nitrogens with zero attached hydrogens (tertiary/aromatic N) is 5. The van der Waals surface area contributed by atoms with E-state index in [0.717, 1.165) is 28.5 Å². The molecule has 0 amide bonds. The normalized spacial score (nSPS) is 12.5. The standard InChI is InChI=1S/C13H10ClN5/c1-8-12-5-19-13(15-6-17-19)10-4-9(14)2-3-11(10)18(12)7-16-8/h2-4,6-7H,5H2,1H3. The molecule has 94 valence electrons. The molecule has 0 saturated heterocycles. The van der Waals surface area contributed by atoms with Crippen LogP contribution in [0.25, 0.3) is 17.1 Å². The summed E-state index contributed by atoms with van der Waals surface area (Å²) in [6, 6.07) is 5.79. The first-order valence-electron chi connectivity index (χ1n) is 5.95. The maximum absolute atomic E-state index is 6.11. The minimum absolute atomic E-state index is 0.660. The summed E-state index contributed by atoms with van der Waals surface area (Å²) in [7, 11) is 0. The average molecular weight is 272 g/mol. The highest BCUT2D eigenvalue weighted by Crippen LogP contribution is 2.32. The molecule has 0 aliphatic carbocycles. The van der Waals surface area contributed by atoms with E-state index in [0.29, 0.717) is 11.6 Å². The maximum atomic E-state index is 6.11. The lowest BCUT2D eigenvalue weighted by molar-refractivity contribution is 0.674. The van der Waals surface area contributed by atoms with E-state index >= 15 is 0 Å². The third-order valence-corrected chi connectivity index (χ3v) is 3.68. The zero-order valence-corrected chi connectivity index (χ0v) is 11.0. The van der Waals surface area contributed by atoms with Crippen molar-refractivity contribution in [3.05, 3.63) is 47.3 Å². The quantitative estimate of drug-likeness (QED) is 0.494. The summed E-state index contributed by atoms with van der Waals surface area (Å²) in [5.74, 6) is 0.834. The van der Waals surface area contributed by atoms with Crippen LogP contribution in [0.2, 0.25) is 5.02 Å². The van der Waals surface area contributed by atoms with Gasteiger partial charge in [-0.1, -0.05) is 11.6 Å². The van der Waals surface area contributed by atoms with E-state index < -0.39 is 0 Å². The number of fused-ring (bicyclic) bond motifs is 5. The topological polar surface area (TPSA) is 48.5 Å². The second-order valence-corrected chi connectivity index (χ2v) is 4.99. The second kappa shape index (κ2) is 3.68. The average Bonchev–Trinajstić information content (AvgIpc) is 2.96. The fourth-order valence-corrected chi connectivity index (χ4v) is 2.66. The van der Waals surface area contributed by atoms with Crippen LogP contribution in [0, 0.1) is 6.92 Å². The number of imidazole rings is 1. The highest BCUT2D eigenvalue weighted by atomic mass is 35.5. The minimum Gasteiger partial charge on any atom is -0.300 e. The minimum atomic E-state index is 0.660. The number of hydrogen-bond acceptors (Lipinski definition) is 3. The van der Waals surface area contributed by atoms with Gasteiger partial charge in [-0.05, 0) is 25.1 Å². The molecular formula is C13H10ClN5. The zero-order valence-electron chi connectivity index (χ0n) is 10.2. The highest BCUT2D eigenvalue weighted by Gasteiger charge is 2.22. The summed E-state index contributed by atoms with van der Waals surface area (Å²) in [5, 5.41) is 4.97. The van der Waals surface area contributed by atoms with Gasteiger partial charge in [-0.3, -0.25) is 0 Å². The summed E-state index contributed by atoms with van der Waals surface area (Å²) in [6.45, 7) is 2.66. The van der Waals surface area contributed by atoms with Crippen LogP contribution in [0.3, 0.4) is 0 Å². The lowest BCUT2D eigenvalue weighted by Crippen LogP contribution is -2.05. The molecular weight excluding hydrogens is 262 g/mol. The zero-order chi connectivity index (χ0) is 13.0. The van der Waals surface area contributed by atoms with E-state index in [1.54, 1.807) is 6.33 Å². The lowest BCUT2D eigenvalue weighted by atomic mass is 10.1. The number of hydrogen-bond donors (Lipinski definition) is 0. The van der Waals surface area contributed by atoms with E-state index in [1.807, 2.05) is 36.1 Å². The number of halogens is 1. The first-order valence-corrected chi connectivity index (χ1v) is 6.33. The molecule has 6 heteroatoms. The van der Waals surface area contributed by atoms with Crippen LogP contribution in [0.5, 0.6) is 0 Å². The van der Waals surface area contributed by atoms with Crippen molar-refractivity contribution in [2.75, 3.05) is 0 Å². The van der Waals surface area contributed by atoms with Crippen molar-refractivity contribution < 1.29 is 0 Å². The highest BCUT2D eigenvalue weighted by molar-refractivity contribution is 6.31. The third kappa shape index (κ3) is 1.45. The summed E-state index contributed by atoms with van der Waals surface area (Å²) in [6.07, 6.45) is 3.41. The second-order valence-electron chi connectivity index (χ2n) is 4.55. The Labute approximate surface area is 114 Å². The van der Waals surface area contributed by atoms with Crippen LogP contribution >= 0.6 is 11.6 Å². The number of rotatable bonds is 0. The molecule has 0 radical (unpaired) electrons. The molecule has 4 rings (SSSR count). The monoisotopic (exact) mass is 271 g/mol. The van der Waals surface area contributed by atoms with Crippen LogP contribution in [0.1, 0.15) is 11.4 Å². The molecule has 5 nitrogen and oxygen atoms in total. The molecule has 2 aromatic heterocycles. The summed E-state index contributed by atoms with van der Waals surface area (Å²) in [5.41, 5.74) is 4.13. The molecule has 0 fully saturated rings. The molecule has 19 heavy (non-hydrogen) atoms. The third-order valence-electron chi connectivity index (χ3n) is 3.45. The van der Waals surface area contributed by atoms with Crippen molar-refractivity contribution in [2.24, 2.45) is 0 Å². The van der Waals surface area contributed by atoms with Gasteiger partial charge < -0.3 is 4.57 Å². The van der Waals surface area contributed by atoms with Gasteiger partial charge in [-0.25, -0.2) is 14.6 Å². The molecule has 1 aliphatic rings. The molecule has 3 aromatic rings. The molecule has 1 aromatic carbocycles. The van der Waals surface area contributed by atoms with Crippen LogP contribution in [0.4, 0.5) is 0 Å². The van der Waals surface area contributed by atoms with Crippen molar-refractivity contribution in [3.63, 3.8) is 0 Å². The molecule has 1 aliphatic heterocycles. The largest absolute Gasteiger partial charge is 0.300 e. The Hall–Kier alpha value is -2.14. The molecule has 0 N–H and O–H groups in total. The van der Waals surface area contributed by atoms with Crippen LogP contribution in [-0.4, -0.2) is 24.3 Å². The molecule has 3 heterocycles. The van der Waals surface area contributed by atoms with E-state index in [2.05, 4.69) is 19.6 Å². The van der Waals surface area contributed by atoms with Crippen LogP contribution in [-0.2, 0) is 6.54 Å². The van der Waals surface area contributed by atoms with Gasteiger partial charge in [0.15, 0.2) is 5.82 Å². The van der Waals surface area contributed by atoms with Crippen molar-refractivity contribution >= 4 is 11.6 Å². The Morgan fingerprint density at radius 3 is 3.05 bits per heavy atom. The molecule has 0 spiro atoms. The Morgan fingerprint density at radius 1 is 1.26 bits per heavy atom. The van der Waals surface area contributed by atoms with Gasteiger partial charge in [0.1, 0.15) is 6.33 Å². The summed E-state index contributed by atoms with van der Waals surface area (Å²) < 4.78 is 3.96. The van der Waals surface area contributed by atoms with Crippen molar-refractivity contribution in [3.8, 4) is 17.1 Å². The maximum Gasteiger partial charge on any atom is 0.160 e. The van der Waals surface area contributed by atoms with Crippen molar-refractivity contribution in [1.29, 1.82) is 0 Å².